The molecule has 0 atom stereocenters. The van der Waals surface area contributed by atoms with E-state index in [1.54, 1.807) is 0 Å². The quantitative estimate of drug-likeness (QED) is 0.352. The second-order valence-electron chi connectivity index (χ2n) is 3.67. The van der Waals surface area contributed by atoms with Crippen LogP contribution in [0.25, 0.3) is 0 Å². The molecular weight excluding hydrogens is 166 g/mol. The molecule has 0 amide bonds. The van der Waals surface area contributed by atoms with Crippen LogP contribution in [-0.2, 0) is 0 Å². The molecule has 1 aliphatic rings. The molecule has 13 heavy (non-hydrogen) atoms. The first-order valence-electron chi connectivity index (χ1n) is 5.03. The zero-order chi connectivity index (χ0) is 9.52. The average molecular weight is 185 g/mol. The highest BCUT2D eigenvalue weighted by Crippen LogP contribution is 2.25. The fraction of sp³-hybridized carbons (Fsp3) is 0.889. The molecule has 0 aromatic rings. The topological polar surface area (TPSA) is 70.6 Å². The van der Waals surface area contributed by atoms with E-state index in [1.807, 2.05) is 5.48 Å². The van der Waals surface area contributed by atoms with Gasteiger partial charge in [-0.2, -0.15) is 0 Å². The molecule has 1 saturated carbocycles. The van der Waals surface area contributed by atoms with Crippen molar-refractivity contribution in [3.05, 3.63) is 0 Å². The molecule has 0 aromatic carbocycles. The van der Waals surface area contributed by atoms with Crippen molar-refractivity contribution in [3.8, 4) is 0 Å². The summed E-state index contributed by atoms with van der Waals surface area (Å²) < 4.78 is 0. The predicted molar refractivity (Wildman–Crippen MR) is 52.6 cm³/mol. The summed E-state index contributed by atoms with van der Waals surface area (Å²) in [6, 6.07) is 0. The van der Waals surface area contributed by atoms with Crippen LogP contribution in [0.2, 0.25) is 0 Å². The van der Waals surface area contributed by atoms with Gasteiger partial charge >= 0.3 is 0 Å². The van der Waals surface area contributed by atoms with Crippen LogP contribution >= 0.6 is 0 Å². The SMILES string of the molecule is NC(=NCCC1CCCCC1)NO. The summed E-state index contributed by atoms with van der Waals surface area (Å²) in [6.07, 6.45) is 7.89. The van der Waals surface area contributed by atoms with E-state index in [2.05, 4.69) is 4.99 Å². The van der Waals surface area contributed by atoms with Crippen LogP contribution in [0.5, 0.6) is 0 Å². The molecule has 4 N–H and O–H groups in total. The molecule has 1 fully saturated rings. The van der Waals surface area contributed by atoms with Gasteiger partial charge < -0.3 is 5.73 Å². The van der Waals surface area contributed by atoms with E-state index < -0.39 is 0 Å². The summed E-state index contributed by atoms with van der Waals surface area (Å²) in [5.74, 6) is 0.944. The first-order chi connectivity index (χ1) is 6.33. The van der Waals surface area contributed by atoms with Crippen molar-refractivity contribution in [2.45, 2.75) is 38.5 Å². The highest BCUT2D eigenvalue weighted by atomic mass is 16.5. The Morgan fingerprint density at radius 1 is 1.38 bits per heavy atom. The molecule has 0 aliphatic heterocycles. The fourth-order valence-corrected chi connectivity index (χ4v) is 1.88. The first-order valence-corrected chi connectivity index (χ1v) is 5.03. The zero-order valence-corrected chi connectivity index (χ0v) is 8.00. The van der Waals surface area contributed by atoms with Gasteiger partial charge in [0.2, 0.25) is 5.96 Å². The Balaban J connectivity index is 2.10. The highest BCUT2D eigenvalue weighted by Gasteiger charge is 2.12. The molecule has 76 valence electrons. The van der Waals surface area contributed by atoms with Crippen molar-refractivity contribution in [3.63, 3.8) is 0 Å². The van der Waals surface area contributed by atoms with Gasteiger partial charge in [0.1, 0.15) is 0 Å². The van der Waals surface area contributed by atoms with Crippen LogP contribution in [0.1, 0.15) is 38.5 Å². The maximum Gasteiger partial charge on any atom is 0.212 e. The fourth-order valence-electron chi connectivity index (χ4n) is 1.88. The van der Waals surface area contributed by atoms with Gasteiger partial charge in [0.05, 0.1) is 0 Å². The molecule has 1 aliphatic carbocycles. The number of hydrogen-bond donors (Lipinski definition) is 3. The lowest BCUT2D eigenvalue weighted by molar-refractivity contribution is 0.232. The van der Waals surface area contributed by atoms with Crippen LogP contribution in [0, 0.1) is 5.92 Å². The Hall–Kier alpha value is -0.770. The third kappa shape index (κ3) is 4.12. The van der Waals surface area contributed by atoms with E-state index >= 15 is 0 Å². The van der Waals surface area contributed by atoms with Crippen LogP contribution in [0.4, 0.5) is 0 Å². The Morgan fingerprint density at radius 3 is 2.69 bits per heavy atom. The first kappa shape index (κ1) is 10.3. The Labute approximate surface area is 79.2 Å². The number of nitrogens with two attached hydrogens (primary N) is 1. The average Bonchev–Trinajstić information content (AvgIpc) is 2.19. The van der Waals surface area contributed by atoms with Gasteiger partial charge in [0.15, 0.2) is 0 Å². The maximum absolute atomic E-state index is 8.37. The standard InChI is InChI=1S/C9H19N3O/c10-9(12-13)11-7-6-8-4-2-1-3-5-8/h8,13H,1-7H2,(H3,10,11,12). The third-order valence-corrected chi connectivity index (χ3v) is 2.66. The number of nitrogens with zero attached hydrogens (tertiary/aromatic N) is 1. The molecule has 0 saturated heterocycles. The lowest BCUT2D eigenvalue weighted by Crippen LogP contribution is -2.28. The Morgan fingerprint density at radius 2 is 2.08 bits per heavy atom. The van der Waals surface area contributed by atoms with Crippen LogP contribution in [0.15, 0.2) is 4.99 Å². The number of hydrogen-bond acceptors (Lipinski definition) is 2. The van der Waals surface area contributed by atoms with Crippen LogP contribution < -0.4 is 11.2 Å². The number of nitrogens with one attached hydrogen (secondary N) is 1. The van der Waals surface area contributed by atoms with Crippen molar-refractivity contribution < 1.29 is 5.21 Å². The Kier molecular flexibility index (Phi) is 4.60. The van der Waals surface area contributed by atoms with Crippen molar-refractivity contribution in [2.75, 3.05) is 6.54 Å². The van der Waals surface area contributed by atoms with Crippen molar-refractivity contribution in [1.82, 2.24) is 5.48 Å². The van der Waals surface area contributed by atoms with Gasteiger partial charge in [-0.3, -0.25) is 10.2 Å². The summed E-state index contributed by atoms with van der Waals surface area (Å²) >= 11 is 0. The Bertz CT molecular complexity index is 164. The van der Waals surface area contributed by atoms with E-state index in [0.717, 1.165) is 18.9 Å². The smallest absolute Gasteiger partial charge is 0.212 e. The molecule has 4 heteroatoms. The minimum atomic E-state index is 0.121. The highest BCUT2D eigenvalue weighted by molar-refractivity contribution is 5.76. The summed E-state index contributed by atoms with van der Waals surface area (Å²) in [5, 5.41) is 8.37. The number of rotatable bonds is 3. The van der Waals surface area contributed by atoms with E-state index in [9.17, 15) is 0 Å². The van der Waals surface area contributed by atoms with Gasteiger partial charge in [-0.05, 0) is 12.3 Å². The molecular formula is C9H19N3O. The second kappa shape index (κ2) is 5.80. The number of hydroxylamine groups is 1. The van der Waals surface area contributed by atoms with E-state index in [-0.39, 0.29) is 5.96 Å². The zero-order valence-electron chi connectivity index (χ0n) is 8.00. The van der Waals surface area contributed by atoms with Crippen molar-refractivity contribution in [2.24, 2.45) is 16.6 Å². The van der Waals surface area contributed by atoms with E-state index in [1.165, 1.54) is 32.1 Å². The normalized spacial score (nSPS) is 20.2. The predicted octanol–water partition coefficient (Wildman–Crippen LogP) is 1.25. The van der Waals surface area contributed by atoms with E-state index in [0.29, 0.717) is 0 Å². The minimum absolute atomic E-state index is 0.121. The molecule has 0 aromatic heterocycles. The molecule has 0 heterocycles. The molecule has 0 bridgehead atoms. The number of aliphatic imine (C=N–C) groups is 1. The van der Waals surface area contributed by atoms with Gasteiger partial charge in [0.25, 0.3) is 0 Å². The summed E-state index contributed by atoms with van der Waals surface area (Å²) in [7, 11) is 0. The molecule has 1 rings (SSSR count). The summed E-state index contributed by atoms with van der Waals surface area (Å²) in [6.45, 7) is 0.726. The lowest BCUT2D eigenvalue weighted by Gasteiger charge is -2.20. The largest absolute Gasteiger partial charge is 0.368 e. The van der Waals surface area contributed by atoms with Crippen molar-refractivity contribution in [1.29, 1.82) is 0 Å². The minimum Gasteiger partial charge on any atom is -0.368 e. The molecule has 4 nitrogen and oxygen atoms in total. The summed E-state index contributed by atoms with van der Waals surface area (Å²) in [5.41, 5.74) is 7.11. The van der Waals surface area contributed by atoms with E-state index in [4.69, 9.17) is 10.9 Å². The number of guanidine groups is 1. The van der Waals surface area contributed by atoms with Gasteiger partial charge in [-0.1, -0.05) is 32.1 Å². The molecule has 0 spiro atoms. The van der Waals surface area contributed by atoms with Crippen LogP contribution in [-0.4, -0.2) is 17.7 Å². The summed E-state index contributed by atoms with van der Waals surface area (Å²) in [4.78, 5) is 3.97. The monoisotopic (exact) mass is 185 g/mol. The third-order valence-electron chi connectivity index (χ3n) is 2.66. The van der Waals surface area contributed by atoms with Crippen LogP contribution in [0.3, 0.4) is 0 Å². The van der Waals surface area contributed by atoms with Crippen molar-refractivity contribution >= 4 is 5.96 Å². The maximum atomic E-state index is 8.37. The van der Waals surface area contributed by atoms with Gasteiger partial charge in [0, 0.05) is 6.54 Å². The second-order valence-corrected chi connectivity index (χ2v) is 3.67. The van der Waals surface area contributed by atoms with Gasteiger partial charge in [-0.15, -0.1) is 0 Å². The van der Waals surface area contributed by atoms with Gasteiger partial charge in [-0.25, -0.2) is 5.48 Å². The molecule has 0 unspecified atom stereocenters. The lowest BCUT2D eigenvalue weighted by atomic mass is 9.87. The molecule has 0 radical (unpaired) electrons.